The van der Waals surface area contributed by atoms with Crippen molar-refractivity contribution in [1.29, 1.82) is 0 Å². The number of nitrogens with zero attached hydrogens (tertiary/aromatic N) is 2. The first-order valence-electron chi connectivity index (χ1n) is 5.22. The van der Waals surface area contributed by atoms with E-state index >= 15 is 0 Å². The van der Waals surface area contributed by atoms with Crippen molar-refractivity contribution in [3.8, 4) is 0 Å². The maximum absolute atomic E-state index is 3.46. The molecule has 13 heavy (non-hydrogen) atoms. The average molecular weight is 185 g/mol. The smallest absolute Gasteiger partial charge is 0.0350 e. The molecule has 0 radical (unpaired) electrons. The molecule has 3 heteroatoms. The van der Waals surface area contributed by atoms with Crippen LogP contribution in [0.1, 0.15) is 13.8 Å². The fourth-order valence-electron chi connectivity index (χ4n) is 2.05. The molecule has 1 aliphatic rings. The van der Waals surface area contributed by atoms with E-state index in [2.05, 4.69) is 43.1 Å². The van der Waals surface area contributed by atoms with Gasteiger partial charge in [-0.1, -0.05) is 0 Å². The second-order valence-electron chi connectivity index (χ2n) is 4.45. The lowest BCUT2D eigenvalue weighted by molar-refractivity contribution is 0.102. The van der Waals surface area contributed by atoms with Crippen LogP contribution in [0.15, 0.2) is 0 Å². The summed E-state index contributed by atoms with van der Waals surface area (Å²) in [6, 6.07) is 1.36. The van der Waals surface area contributed by atoms with Gasteiger partial charge in [-0.25, -0.2) is 0 Å². The highest BCUT2D eigenvalue weighted by Gasteiger charge is 2.24. The summed E-state index contributed by atoms with van der Waals surface area (Å²) < 4.78 is 0. The van der Waals surface area contributed by atoms with Crippen LogP contribution in [0.4, 0.5) is 0 Å². The lowest BCUT2D eigenvalue weighted by Gasteiger charge is -2.40. The van der Waals surface area contributed by atoms with E-state index in [1.807, 2.05) is 0 Å². The molecule has 3 nitrogen and oxygen atoms in total. The predicted molar refractivity (Wildman–Crippen MR) is 57.1 cm³/mol. The van der Waals surface area contributed by atoms with E-state index in [4.69, 9.17) is 0 Å². The molecule has 1 unspecified atom stereocenters. The topological polar surface area (TPSA) is 18.5 Å². The van der Waals surface area contributed by atoms with Gasteiger partial charge < -0.3 is 10.2 Å². The van der Waals surface area contributed by atoms with Crippen molar-refractivity contribution in [2.45, 2.75) is 25.9 Å². The molecule has 1 atom stereocenters. The van der Waals surface area contributed by atoms with Gasteiger partial charge in [0.05, 0.1) is 0 Å². The Morgan fingerprint density at radius 2 is 2.15 bits per heavy atom. The number of hydrogen-bond acceptors (Lipinski definition) is 3. The molecular formula is C10H23N3. The molecule has 1 aliphatic heterocycles. The van der Waals surface area contributed by atoms with Crippen molar-refractivity contribution in [2.75, 3.05) is 40.3 Å². The normalized spacial score (nSPS) is 25.8. The minimum atomic E-state index is 0.673. The molecule has 0 saturated carbocycles. The molecular weight excluding hydrogens is 162 g/mol. The van der Waals surface area contributed by atoms with Gasteiger partial charge in [-0.2, -0.15) is 0 Å². The van der Waals surface area contributed by atoms with Gasteiger partial charge in [-0.3, -0.25) is 4.90 Å². The van der Waals surface area contributed by atoms with Crippen molar-refractivity contribution in [3.05, 3.63) is 0 Å². The Bertz CT molecular complexity index is 145. The Morgan fingerprint density at radius 3 is 2.69 bits per heavy atom. The molecule has 0 aromatic heterocycles. The van der Waals surface area contributed by atoms with Gasteiger partial charge in [-0.15, -0.1) is 0 Å². The average Bonchev–Trinajstić information content (AvgIpc) is 2.03. The molecule has 1 rings (SSSR count). The highest BCUT2D eigenvalue weighted by Crippen LogP contribution is 2.08. The Kier molecular flexibility index (Phi) is 4.16. The van der Waals surface area contributed by atoms with Gasteiger partial charge in [0.25, 0.3) is 0 Å². The van der Waals surface area contributed by atoms with Crippen molar-refractivity contribution in [1.82, 2.24) is 15.1 Å². The number of nitrogens with one attached hydrogen (secondary N) is 1. The Labute approximate surface area is 82.1 Å². The van der Waals surface area contributed by atoms with Crippen LogP contribution >= 0.6 is 0 Å². The van der Waals surface area contributed by atoms with Gasteiger partial charge in [0, 0.05) is 38.3 Å². The first-order chi connectivity index (χ1) is 6.11. The van der Waals surface area contributed by atoms with Gasteiger partial charge in [0.15, 0.2) is 0 Å². The van der Waals surface area contributed by atoms with E-state index in [-0.39, 0.29) is 0 Å². The van der Waals surface area contributed by atoms with Crippen LogP contribution in [0.5, 0.6) is 0 Å². The molecule has 0 amide bonds. The summed E-state index contributed by atoms with van der Waals surface area (Å²) in [5.41, 5.74) is 0. The van der Waals surface area contributed by atoms with E-state index < -0.39 is 0 Å². The number of rotatable bonds is 3. The minimum Gasteiger partial charge on any atom is -0.314 e. The quantitative estimate of drug-likeness (QED) is 0.679. The standard InChI is InChI=1S/C10H23N3/c1-9(2)13-6-5-11-7-10(13)8-12(3)4/h9-11H,5-8H2,1-4H3. The fraction of sp³-hybridized carbons (Fsp3) is 1.00. The highest BCUT2D eigenvalue weighted by atomic mass is 15.3. The molecule has 0 aliphatic carbocycles. The van der Waals surface area contributed by atoms with E-state index in [0.29, 0.717) is 12.1 Å². The summed E-state index contributed by atoms with van der Waals surface area (Å²) in [6.07, 6.45) is 0. The second-order valence-corrected chi connectivity index (χ2v) is 4.45. The summed E-state index contributed by atoms with van der Waals surface area (Å²) in [6.45, 7) is 9.20. The number of hydrogen-bond donors (Lipinski definition) is 1. The van der Waals surface area contributed by atoms with Gasteiger partial charge in [-0.05, 0) is 27.9 Å². The monoisotopic (exact) mass is 185 g/mol. The third-order valence-electron chi connectivity index (χ3n) is 2.63. The summed E-state index contributed by atoms with van der Waals surface area (Å²) in [5.74, 6) is 0. The molecule has 1 N–H and O–H groups in total. The molecule has 0 spiro atoms. The zero-order valence-electron chi connectivity index (χ0n) is 9.38. The number of piperazine rings is 1. The van der Waals surface area contributed by atoms with Gasteiger partial charge >= 0.3 is 0 Å². The number of likely N-dealkylation sites (N-methyl/N-ethyl adjacent to an activating group) is 1. The molecule has 1 saturated heterocycles. The minimum absolute atomic E-state index is 0.673. The van der Waals surface area contributed by atoms with Crippen LogP contribution in [0.2, 0.25) is 0 Å². The van der Waals surface area contributed by atoms with Crippen LogP contribution in [0.25, 0.3) is 0 Å². The second kappa shape index (κ2) is 4.94. The van der Waals surface area contributed by atoms with Crippen LogP contribution in [-0.2, 0) is 0 Å². The highest BCUT2D eigenvalue weighted by molar-refractivity contribution is 4.83. The SMILES string of the molecule is CC(C)N1CCNCC1CN(C)C. The molecule has 0 aromatic rings. The molecule has 0 bridgehead atoms. The first-order valence-corrected chi connectivity index (χ1v) is 5.22. The lowest BCUT2D eigenvalue weighted by atomic mass is 10.1. The molecule has 1 fully saturated rings. The maximum Gasteiger partial charge on any atom is 0.0350 e. The van der Waals surface area contributed by atoms with Crippen LogP contribution in [-0.4, -0.2) is 62.2 Å². The maximum atomic E-state index is 3.46. The largest absolute Gasteiger partial charge is 0.314 e. The summed E-state index contributed by atoms with van der Waals surface area (Å²) >= 11 is 0. The van der Waals surface area contributed by atoms with E-state index in [1.54, 1.807) is 0 Å². The molecule has 78 valence electrons. The Balaban J connectivity index is 2.46. The van der Waals surface area contributed by atoms with Crippen molar-refractivity contribution >= 4 is 0 Å². The van der Waals surface area contributed by atoms with Crippen LogP contribution in [0, 0.1) is 0 Å². The Morgan fingerprint density at radius 1 is 1.46 bits per heavy atom. The zero-order valence-corrected chi connectivity index (χ0v) is 9.38. The van der Waals surface area contributed by atoms with Gasteiger partial charge in [0.1, 0.15) is 0 Å². The third kappa shape index (κ3) is 3.25. The molecule has 1 heterocycles. The van der Waals surface area contributed by atoms with Gasteiger partial charge in [0.2, 0.25) is 0 Å². The van der Waals surface area contributed by atoms with E-state index in [1.165, 1.54) is 6.54 Å². The first kappa shape index (κ1) is 11.0. The van der Waals surface area contributed by atoms with Crippen LogP contribution < -0.4 is 5.32 Å². The summed E-state index contributed by atoms with van der Waals surface area (Å²) in [4.78, 5) is 4.86. The predicted octanol–water partition coefficient (Wildman–Crippen LogP) is 0.230. The summed E-state index contributed by atoms with van der Waals surface area (Å²) in [7, 11) is 4.29. The van der Waals surface area contributed by atoms with Crippen molar-refractivity contribution < 1.29 is 0 Å². The van der Waals surface area contributed by atoms with Crippen molar-refractivity contribution in [2.24, 2.45) is 0 Å². The lowest BCUT2D eigenvalue weighted by Crippen LogP contribution is -2.57. The fourth-order valence-corrected chi connectivity index (χ4v) is 2.05. The molecule has 0 aromatic carbocycles. The summed E-state index contributed by atoms with van der Waals surface area (Å²) in [5, 5.41) is 3.46. The van der Waals surface area contributed by atoms with E-state index in [9.17, 15) is 0 Å². The van der Waals surface area contributed by atoms with Crippen molar-refractivity contribution in [3.63, 3.8) is 0 Å². The van der Waals surface area contributed by atoms with Crippen LogP contribution in [0.3, 0.4) is 0 Å². The third-order valence-corrected chi connectivity index (χ3v) is 2.63. The Hall–Kier alpha value is -0.120. The zero-order chi connectivity index (χ0) is 9.84. The van der Waals surface area contributed by atoms with E-state index in [0.717, 1.165) is 19.6 Å².